The zero-order valence-corrected chi connectivity index (χ0v) is 8.90. The van der Waals surface area contributed by atoms with Crippen LogP contribution in [0.5, 0.6) is 0 Å². The molecule has 0 aliphatic heterocycles. The van der Waals surface area contributed by atoms with Gasteiger partial charge in [0.15, 0.2) is 0 Å². The van der Waals surface area contributed by atoms with Gasteiger partial charge in [-0.1, -0.05) is 18.1 Å². The molecule has 0 spiro atoms. The summed E-state index contributed by atoms with van der Waals surface area (Å²) in [4.78, 5) is 0. The molecule has 1 fully saturated rings. The first-order chi connectivity index (χ1) is 6.75. The Morgan fingerprint density at radius 3 is 3.00 bits per heavy atom. The predicted octanol–water partition coefficient (Wildman–Crippen LogP) is 1.09. The number of nitrogens with zero attached hydrogens (tertiary/aromatic N) is 3. The molecule has 1 atom stereocenters. The molecule has 0 radical (unpaired) electrons. The highest BCUT2D eigenvalue weighted by molar-refractivity contribution is 4.93. The van der Waals surface area contributed by atoms with Crippen molar-refractivity contribution >= 4 is 0 Å². The lowest BCUT2D eigenvalue weighted by Crippen LogP contribution is -2.26. The molecule has 1 aromatic rings. The molecular weight excluding hydrogens is 176 g/mol. The Bertz CT molecular complexity index is 290. The van der Waals surface area contributed by atoms with Crippen LogP contribution in [-0.4, -0.2) is 21.0 Å². The highest BCUT2D eigenvalue weighted by Gasteiger charge is 2.23. The fraction of sp³-hybridized carbons (Fsp3) is 0.800. The fourth-order valence-electron chi connectivity index (χ4n) is 1.69. The van der Waals surface area contributed by atoms with Gasteiger partial charge in [-0.25, -0.2) is 0 Å². The summed E-state index contributed by atoms with van der Waals surface area (Å²) in [6, 6.07) is 0.609. The zero-order valence-electron chi connectivity index (χ0n) is 8.90. The second kappa shape index (κ2) is 4.09. The Kier molecular flexibility index (Phi) is 2.82. The Morgan fingerprint density at radius 2 is 2.43 bits per heavy atom. The zero-order chi connectivity index (χ0) is 9.97. The van der Waals surface area contributed by atoms with Crippen LogP contribution in [0.3, 0.4) is 0 Å². The van der Waals surface area contributed by atoms with E-state index in [0.29, 0.717) is 6.04 Å². The first kappa shape index (κ1) is 9.65. The highest BCUT2D eigenvalue weighted by atomic mass is 15.4. The molecule has 0 aromatic carbocycles. The SMILES string of the molecule is CC(CC1CC1)NCc1cnnn1C. The number of aromatic nitrogens is 3. The van der Waals surface area contributed by atoms with E-state index in [1.54, 1.807) is 0 Å². The molecule has 2 rings (SSSR count). The maximum atomic E-state index is 3.89. The Hall–Kier alpha value is -0.900. The molecule has 1 aliphatic rings. The van der Waals surface area contributed by atoms with Crippen molar-refractivity contribution in [3.05, 3.63) is 11.9 Å². The summed E-state index contributed by atoms with van der Waals surface area (Å²) in [7, 11) is 1.93. The highest BCUT2D eigenvalue weighted by Crippen LogP contribution is 2.33. The van der Waals surface area contributed by atoms with Crippen LogP contribution in [0.4, 0.5) is 0 Å². The van der Waals surface area contributed by atoms with E-state index in [2.05, 4.69) is 22.6 Å². The molecule has 78 valence electrons. The molecule has 1 N–H and O–H groups in total. The van der Waals surface area contributed by atoms with Crippen molar-refractivity contribution in [1.29, 1.82) is 0 Å². The molecular formula is C10H18N4. The van der Waals surface area contributed by atoms with Crippen molar-refractivity contribution in [2.45, 2.75) is 38.8 Å². The van der Waals surface area contributed by atoms with Gasteiger partial charge in [0.1, 0.15) is 0 Å². The van der Waals surface area contributed by atoms with Gasteiger partial charge in [-0.15, -0.1) is 5.10 Å². The Labute approximate surface area is 84.7 Å². The van der Waals surface area contributed by atoms with Crippen LogP contribution in [0.1, 0.15) is 31.9 Å². The topological polar surface area (TPSA) is 42.7 Å². The smallest absolute Gasteiger partial charge is 0.0738 e. The van der Waals surface area contributed by atoms with Gasteiger partial charge >= 0.3 is 0 Å². The lowest BCUT2D eigenvalue weighted by atomic mass is 10.1. The quantitative estimate of drug-likeness (QED) is 0.763. The van der Waals surface area contributed by atoms with E-state index < -0.39 is 0 Å². The summed E-state index contributed by atoms with van der Waals surface area (Å²) in [6.07, 6.45) is 5.99. The molecule has 1 saturated carbocycles. The standard InChI is InChI=1S/C10H18N4/c1-8(5-9-3-4-9)11-6-10-7-12-13-14(10)2/h7-9,11H,3-6H2,1-2H3. The second-order valence-corrected chi connectivity index (χ2v) is 4.31. The van der Waals surface area contributed by atoms with Crippen molar-refractivity contribution in [3.8, 4) is 0 Å². The van der Waals surface area contributed by atoms with Gasteiger partial charge in [-0.2, -0.15) is 0 Å². The van der Waals surface area contributed by atoms with Crippen LogP contribution in [0.15, 0.2) is 6.20 Å². The minimum Gasteiger partial charge on any atom is -0.309 e. The predicted molar refractivity (Wildman–Crippen MR) is 54.6 cm³/mol. The van der Waals surface area contributed by atoms with Crippen molar-refractivity contribution in [1.82, 2.24) is 20.3 Å². The van der Waals surface area contributed by atoms with E-state index in [-0.39, 0.29) is 0 Å². The van der Waals surface area contributed by atoms with Gasteiger partial charge in [-0.3, -0.25) is 4.68 Å². The Morgan fingerprint density at radius 1 is 1.64 bits per heavy atom. The molecule has 4 heteroatoms. The lowest BCUT2D eigenvalue weighted by Gasteiger charge is -2.12. The van der Waals surface area contributed by atoms with Gasteiger partial charge < -0.3 is 5.32 Å². The molecule has 1 aliphatic carbocycles. The van der Waals surface area contributed by atoms with Gasteiger partial charge in [0.25, 0.3) is 0 Å². The minimum atomic E-state index is 0.609. The summed E-state index contributed by atoms with van der Waals surface area (Å²) in [6.45, 7) is 3.12. The van der Waals surface area contributed by atoms with Crippen LogP contribution in [-0.2, 0) is 13.6 Å². The molecule has 0 saturated heterocycles. The minimum absolute atomic E-state index is 0.609. The van der Waals surface area contributed by atoms with Gasteiger partial charge in [0.05, 0.1) is 11.9 Å². The lowest BCUT2D eigenvalue weighted by molar-refractivity contribution is 0.476. The normalized spacial score (nSPS) is 18.4. The third kappa shape index (κ3) is 2.54. The van der Waals surface area contributed by atoms with E-state index in [4.69, 9.17) is 0 Å². The monoisotopic (exact) mass is 194 g/mol. The molecule has 0 bridgehead atoms. The summed E-state index contributed by atoms with van der Waals surface area (Å²) >= 11 is 0. The molecule has 14 heavy (non-hydrogen) atoms. The molecule has 1 heterocycles. The maximum Gasteiger partial charge on any atom is 0.0738 e. The fourth-order valence-corrected chi connectivity index (χ4v) is 1.69. The molecule has 4 nitrogen and oxygen atoms in total. The van der Waals surface area contributed by atoms with E-state index in [0.717, 1.165) is 18.2 Å². The summed E-state index contributed by atoms with van der Waals surface area (Å²) < 4.78 is 1.82. The first-order valence-electron chi connectivity index (χ1n) is 5.32. The van der Waals surface area contributed by atoms with Crippen LogP contribution in [0.2, 0.25) is 0 Å². The van der Waals surface area contributed by atoms with Crippen molar-refractivity contribution in [2.75, 3.05) is 0 Å². The summed E-state index contributed by atoms with van der Waals surface area (Å²) in [5.41, 5.74) is 1.15. The molecule has 1 unspecified atom stereocenters. The number of nitrogens with one attached hydrogen (secondary N) is 1. The van der Waals surface area contributed by atoms with Crippen molar-refractivity contribution < 1.29 is 0 Å². The van der Waals surface area contributed by atoms with Gasteiger partial charge in [0.2, 0.25) is 0 Å². The average molecular weight is 194 g/mol. The number of rotatable bonds is 5. The van der Waals surface area contributed by atoms with Crippen molar-refractivity contribution in [2.24, 2.45) is 13.0 Å². The van der Waals surface area contributed by atoms with Crippen molar-refractivity contribution in [3.63, 3.8) is 0 Å². The largest absolute Gasteiger partial charge is 0.309 e. The van der Waals surface area contributed by atoms with Gasteiger partial charge in [-0.05, 0) is 19.3 Å². The first-order valence-corrected chi connectivity index (χ1v) is 5.32. The molecule has 1 aromatic heterocycles. The molecule has 0 amide bonds. The maximum absolute atomic E-state index is 3.89. The summed E-state index contributed by atoms with van der Waals surface area (Å²) in [5, 5.41) is 11.2. The van der Waals surface area contributed by atoms with Crippen LogP contribution < -0.4 is 5.32 Å². The van der Waals surface area contributed by atoms with Crippen LogP contribution in [0, 0.1) is 5.92 Å². The third-order valence-electron chi connectivity index (χ3n) is 2.82. The second-order valence-electron chi connectivity index (χ2n) is 4.31. The Balaban J connectivity index is 1.73. The van der Waals surface area contributed by atoms with E-state index >= 15 is 0 Å². The number of aryl methyl sites for hydroxylation is 1. The van der Waals surface area contributed by atoms with E-state index in [1.165, 1.54) is 19.3 Å². The average Bonchev–Trinajstić information content (AvgIpc) is 2.86. The van der Waals surface area contributed by atoms with E-state index in [1.807, 2.05) is 17.9 Å². The number of hydrogen-bond donors (Lipinski definition) is 1. The van der Waals surface area contributed by atoms with Gasteiger partial charge in [0, 0.05) is 19.6 Å². The van der Waals surface area contributed by atoms with Crippen LogP contribution in [0.25, 0.3) is 0 Å². The number of hydrogen-bond acceptors (Lipinski definition) is 3. The van der Waals surface area contributed by atoms with Crippen LogP contribution >= 0.6 is 0 Å². The summed E-state index contributed by atoms with van der Waals surface area (Å²) in [5.74, 6) is 0.988. The van der Waals surface area contributed by atoms with E-state index in [9.17, 15) is 0 Å². The third-order valence-corrected chi connectivity index (χ3v) is 2.82.